The van der Waals surface area contributed by atoms with Gasteiger partial charge in [-0.1, -0.05) is 27.7 Å². The zero-order chi connectivity index (χ0) is 23.7. The van der Waals surface area contributed by atoms with Crippen LogP contribution < -0.4 is 10.6 Å². The number of carbonyl (C=O) groups excluding carboxylic acids is 1. The predicted molar refractivity (Wildman–Crippen MR) is 130 cm³/mol. The molecule has 0 aromatic carbocycles. The first-order valence-electron chi connectivity index (χ1n) is 12.2. The maximum atomic E-state index is 13.2. The highest BCUT2D eigenvalue weighted by molar-refractivity contribution is 5.96. The number of hydrogen-bond donors (Lipinski definition) is 3. The Morgan fingerprint density at radius 2 is 1.82 bits per heavy atom. The average molecular weight is 452 g/mol. The second kappa shape index (κ2) is 9.63. The molecule has 3 heterocycles. The predicted octanol–water partition coefficient (Wildman–Crippen LogP) is 4.23. The molecule has 1 saturated carbocycles. The summed E-state index contributed by atoms with van der Waals surface area (Å²) < 4.78 is 1.77. The van der Waals surface area contributed by atoms with Gasteiger partial charge in [0.1, 0.15) is 6.33 Å². The van der Waals surface area contributed by atoms with Crippen LogP contribution in [0.15, 0.2) is 18.6 Å². The molecule has 3 N–H and O–H groups in total. The number of fused-ring (bicyclic) bond motifs is 1. The number of amides is 1. The number of pyridine rings is 1. The first kappa shape index (κ1) is 23.4. The van der Waals surface area contributed by atoms with Crippen LogP contribution in [0.4, 0.5) is 0 Å². The van der Waals surface area contributed by atoms with Crippen molar-refractivity contribution in [2.24, 2.45) is 5.92 Å². The second-order valence-corrected chi connectivity index (χ2v) is 10.2. The van der Waals surface area contributed by atoms with Gasteiger partial charge in [-0.15, -0.1) is 0 Å². The topological polar surface area (TPSA) is 100 Å². The molecule has 1 aliphatic rings. The van der Waals surface area contributed by atoms with Crippen LogP contribution in [0.2, 0.25) is 0 Å². The molecule has 0 aliphatic heterocycles. The van der Waals surface area contributed by atoms with Crippen LogP contribution in [0.5, 0.6) is 0 Å². The summed E-state index contributed by atoms with van der Waals surface area (Å²) >= 11 is 0. The highest BCUT2D eigenvalue weighted by Gasteiger charge is 2.28. The van der Waals surface area contributed by atoms with Crippen molar-refractivity contribution in [3.05, 3.63) is 35.4 Å². The van der Waals surface area contributed by atoms with Crippen LogP contribution in [0.25, 0.3) is 16.9 Å². The molecule has 8 nitrogen and oxygen atoms in total. The van der Waals surface area contributed by atoms with E-state index in [1.165, 1.54) is 0 Å². The van der Waals surface area contributed by atoms with E-state index in [1.54, 1.807) is 10.8 Å². The van der Waals surface area contributed by atoms with Gasteiger partial charge in [-0.3, -0.25) is 9.89 Å². The molecule has 0 radical (unpaired) electrons. The standard InChI is InChI=1S/C25H37N7O/c1-14(2)17(6)28-19-7-9-20(10-8-19)29-25(33)23-21(15(3)4)22(30-31-23)18-11-16(5)24-26-13-27-32(24)12-18/h11-15,17,19-20,28H,7-10H2,1-6H3,(H,29,33)(H,30,31)/t17?,19-,20-. The zero-order valence-corrected chi connectivity index (χ0v) is 20.6. The van der Waals surface area contributed by atoms with E-state index in [-0.39, 0.29) is 17.9 Å². The Morgan fingerprint density at radius 1 is 1.12 bits per heavy atom. The lowest BCUT2D eigenvalue weighted by Crippen LogP contribution is -2.45. The molecule has 1 unspecified atom stereocenters. The maximum Gasteiger partial charge on any atom is 0.272 e. The Kier molecular flexibility index (Phi) is 6.83. The second-order valence-electron chi connectivity index (χ2n) is 10.2. The van der Waals surface area contributed by atoms with E-state index in [1.807, 2.05) is 13.1 Å². The molecule has 0 bridgehead atoms. The number of aromatic amines is 1. The molecule has 178 valence electrons. The van der Waals surface area contributed by atoms with E-state index in [0.717, 1.165) is 53.7 Å². The lowest BCUT2D eigenvalue weighted by Gasteiger charge is -2.32. The summed E-state index contributed by atoms with van der Waals surface area (Å²) in [6.07, 6.45) is 7.64. The van der Waals surface area contributed by atoms with Crippen LogP contribution in [0, 0.1) is 12.8 Å². The molecule has 3 aromatic heterocycles. The van der Waals surface area contributed by atoms with Crippen LogP contribution in [0.1, 0.15) is 87.8 Å². The Morgan fingerprint density at radius 3 is 2.48 bits per heavy atom. The quantitative estimate of drug-likeness (QED) is 0.499. The van der Waals surface area contributed by atoms with Gasteiger partial charge in [-0.05, 0) is 63.0 Å². The van der Waals surface area contributed by atoms with Gasteiger partial charge in [0.25, 0.3) is 5.91 Å². The highest BCUT2D eigenvalue weighted by Crippen LogP contribution is 2.31. The van der Waals surface area contributed by atoms with Gasteiger partial charge in [-0.25, -0.2) is 9.50 Å². The van der Waals surface area contributed by atoms with Crippen molar-refractivity contribution in [3.8, 4) is 11.3 Å². The normalized spacial score (nSPS) is 20.0. The molecule has 3 aromatic rings. The molecule has 1 aliphatic carbocycles. The maximum absolute atomic E-state index is 13.2. The van der Waals surface area contributed by atoms with E-state index in [9.17, 15) is 4.79 Å². The third kappa shape index (κ3) is 4.95. The van der Waals surface area contributed by atoms with Crippen molar-refractivity contribution in [3.63, 3.8) is 0 Å². The van der Waals surface area contributed by atoms with Gasteiger partial charge in [0.05, 0.1) is 5.69 Å². The average Bonchev–Trinajstić information content (AvgIpc) is 3.42. The van der Waals surface area contributed by atoms with Crippen LogP contribution in [-0.2, 0) is 0 Å². The van der Waals surface area contributed by atoms with Crippen molar-refractivity contribution in [1.82, 2.24) is 35.4 Å². The lowest BCUT2D eigenvalue weighted by atomic mass is 9.89. The van der Waals surface area contributed by atoms with Gasteiger partial charge in [0.15, 0.2) is 11.3 Å². The summed E-state index contributed by atoms with van der Waals surface area (Å²) in [6, 6.07) is 3.31. The van der Waals surface area contributed by atoms with Gasteiger partial charge in [0, 0.05) is 35.4 Å². The fraction of sp³-hybridized carbons (Fsp3) is 0.600. The molecule has 0 saturated heterocycles. The van der Waals surface area contributed by atoms with Gasteiger partial charge < -0.3 is 10.6 Å². The first-order chi connectivity index (χ1) is 15.7. The molecule has 4 rings (SSSR count). The minimum Gasteiger partial charge on any atom is -0.348 e. The number of nitrogens with one attached hydrogen (secondary N) is 3. The van der Waals surface area contributed by atoms with Crippen molar-refractivity contribution in [2.75, 3.05) is 0 Å². The fourth-order valence-electron chi connectivity index (χ4n) is 4.76. The van der Waals surface area contributed by atoms with Gasteiger partial charge in [0.2, 0.25) is 0 Å². The minimum atomic E-state index is -0.0910. The number of hydrogen-bond acceptors (Lipinski definition) is 5. The molecule has 1 atom stereocenters. The Hall–Kier alpha value is -2.74. The Bertz CT molecular complexity index is 1110. The van der Waals surface area contributed by atoms with Crippen molar-refractivity contribution in [1.29, 1.82) is 0 Å². The molecule has 33 heavy (non-hydrogen) atoms. The molecule has 1 fully saturated rings. The van der Waals surface area contributed by atoms with E-state index < -0.39 is 0 Å². The largest absolute Gasteiger partial charge is 0.348 e. The first-order valence-corrected chi connectivity index (χ1v) is 12.2. The molecule has 8 heteroatoms. The van der Waals surface area contributed by atoms with Crippen LogP contribution in [-0.4, -0.2) is 48.8 Å². The van der Waals surface area contributed by atoms with E-state index in [2.05, 4.69) is 71.6 Å². The summed E-state index contributed by atoms with van der Waals surface area (Å²) in [5.74, 6) is 0.676. The van der Waals surface area contributed by atoms with E-state index >= 15 is 0 Å². The molecule has 1 amide bonds. The van der Waals surface area contributed by atoms with Crippen molar-refractivity contribution < 1.29 is 4.79 Å². The summed E-state index contributed by atoms with van der Waals surface area (Å²) in [5.41, 5.74) is 5.10. The Labute approximate surface area is 196 Å². The number of rotatable bonds is 7. The molecule has 0 spiro atoms. The number of aromatic nitrogens is 5. The zero-order valence-electron chi connectivity index (χ0n) is 20.6. The van der Waals surface area contributed by atoms with Crippen molar-refractivity contribution >= 4 is 11.6 Å². The van der Waals surface area contributed by atoms with Gasteiger partial charge in [-0.2, -0.15) is 10.2 Å². The third-order valence-electron chi connectivity index (χ3n) is 7.01. The molecular formula is C25H37N7O. The molecular weight excluding hydrogens is 414 g/mol. The van der Waals surface area contributed by atoms with Crippen LogP contribution in [0.3, 0.4) is 0 Å². The number of aryl methyl sites for hydroxylation is 1. The van der Waals surface area contributed by atoms with Crippen molar-refractivity contribution in [2.45, 2.75) is 91.3 Å². The number of H-pyrrole nitrogens is 1. The summed E-state index contributed by atoms with van der Waals surface area (Å²) in [7, 11) is 0. The fourth-order valence-corrected chi connectivity index (χ4v) is 4.76. The smallest absolute Gasteiger partial charge is 0.272 e. The summed E-state index contributed by atoms with van der Waals surface area (Å²) in [4.78, 5) is 17.5. The number of nitrogens with zero attached hydrogens (tertiary/aromatic N) is 4. The SMILES string of the molecule is Cc1cc(-c2[nH]nc(C(=O)N[C@H]3CC[C@H](NC(C)C(C)C)CC3)c2C(C)C)cn2ncnc12. The minimum absolute atomic E-state index is 0.0910. The summed E-state index contributed by atoms with van der Waals surface area (Å²) in [5, 5.41) is 18.9. The van der Waals surface area contributed by atoms with Crippen LogP contribution >= 0.6 is 0 Å². The third-order valence-corrected chi connectivity index (χ3v) is 7.01. The Balaban J connectivity index is 1.48. The van der Waals surface area contributed by atoms with E-state index in [4.69, 9.17) is 0 Å². The summed E-state index contributed by atoms with van der Waals surface area (Å²) in [6.45, 7) is 13.0. The monoisotopic (exact) mass is 451 g/mol. The highest BCUT2D eigenvalue weighted by atomic mass is 16.2. The van der Waals surface area contributed by atoms with E-state index in [0.29, 0.717) is 23.7 Å². The lowest BCUT2D eigenvalue weighted by molar-refractivity contribution is 0.0917. The number of carbonyl (C=O) groups is 1. The van der Waals surface area contributed by atoms with Gasteiger partial charge >= 0.3 is 0 Å².